The van der Waals surface area contributed by atoms with Crippen LogP contribution in [0, 0.1) is 6.92 Å². The second kappa shape index (κ2) is 5.44. The van der Waals surface area contributed by atoms with Crippen molar-refractivity contribution >= 4 is 5.91 Å². The standard InChI is InChI=1S/C16H16N2O3/c1-10-4-3-5-13(17-10)16(19)18-11(2)12-6-7-14-15(8-12)21-9-20-14/h3-8,11H,9H2,1-2H3,(H,18,19). The van der Waals surface area contributed by atoms with E-state index in [1.807, 2.05) is 44.2 Å². The Labute approximate surface area is 122 Å². The molecule has 2 heterocycles. The van der Waals surface area contributed by atoms with Crippen molar-refractivity contribution < 1.29 is 14.3 Å². The van der Waals surface area contributed by atoms with E-state index in [4.69, 9.17) is 9.47 Å². The number of aromatic nitrogens is 1. The van der Waals surface area contributed by atoms with Crippen molar-refractivity contribution in [2.24, 2.45) is 0 Å². The van der Waals surface area contributed by atoms with Crippen molar-refractivity contribution in [1.82, 2.24) is 10.3 Å². The highest BCUT2D eigenvalue weighted by Crippen LogP contribution is 2.34. The number of aryl methyl sites for hydroxylation is 1. The molecule has 1 amide bonds. The fourth-order valence-electron chi connectivity index (χ4n) is 2.21. The normalized spacial score (nSPS) is 13.8. The molecule has 5 nitrogen and oxygen atoms in total. The Morgan fingerprint density at radius 1 is 1.24 bits per heavy atom. The van der Waals surface area contributed by atoms with Crippen LogP contribution in [0.3, 0.4) is 0 Å². The van der Waals surface area contributed by atoms with E-state index in [0.717, 1.165) is 17.0 Å². The number of hydrogen-bond donors (Lipinski definition) is 1. The van der Waals surface area contributed by atoms with Gasteiger partial charge in [-0.1, -0.05) is 12.1 Å². The number of hydrogen-bond acceptors (Lipinski definition) is 4. The zero-order valence-electron chi connectivity index (χ0n) is 11.9. The molecule has 1 N–H and O–H groups in total. The molecule has 1 unspecified atom stereocenters. The minimum Gasteiger partial charge on any atom is -0.454 e. The van der Waals surface area contributed by atoms with Gasteiger partial charge in [0.05, 0.1) is 6.04 Å². The first kappa shape index (κ1) is 13.4. The van der Waals surface area contributed by atoms with Gasteiger partial charge in [0.15, 0.2) is 11.5 Å². The molecule has 2 aromatic rings. The first-order valence-corrected chi connectivity index (χ1v) is 6.77. The zero-order valence-corrected chi connectivity index (χ0v) is 11.9. The van der Waals surface area contributed by atoms with Crippen LogP contribution in [0.15, 0.2) is 36.4 Å². The molecule has 5 heteroatoms. The van der Waals surface area contributed by atoms with Gasteiger partial charge in [0.2, 0.25) is 6.79 Å². The van der Waals surface area contributed by atoms with Gasteiger partial charge in [-0.05, 0) is 43.7 Å². The van der Waals surface area contributed by atoms with Gasteiger partial charge in [-0.2, -0.15) is 0 Å². The summed E-state index contributed by atoms with van der Waals surface area (Å²) in [6, 6.07) is 10.9. The van der Waals surface area contributed by atoms with E-state index in [2.05, 4.69) is 10.3 Å². The van der Waals surface area contributed by atoms with E-state index in [9.17, 15) is 4.79 Å². The average Bonchev–Trinajstić information content (AvgIpc) is 2.94. The van der Waals surface area contributed by atoms with Crippen molar-refractivity contribution in [2.45, 2.75) is 19.9 Å². The second-order valence-corrected chi connectivity index (χ2v) is 4.97. The summed E-state index contributed by atoms with van der Waals surface area (Å²) in [5, 5.41) is 2.93. The summed E-state index contributed by atoms with van der Waals surface area (Å²) < 4.78 is 10.6. The molecule has 1 aliphatic heterocycles. The monoisotopic (exact) mass is 284 g/mol. The SMILES string of the molecule is Cc1cccc(C(=O)NC(C)c2ccc3c(c2)OCO3)n1. The van der Waals surface area contributed by atoms with E-state index in [1.54, 1.807) is 6.07 Å². The number of fused-ring (bicyclic) bond motifs is 1. The van der Waals surface area contributed by atoms with Gasteiger partial charge in [-0.3, -0.25) is 4.79 Å². The molecule has 0 aliphatic carbocycles. The van der Waals surface area contributed by atoms with E-state index in [0.29, 0.717) is 11.4 Å². The predicted molar refractivity (Wildman–Crippen MR) is 77.4 cm³/mol. The van der Waals surface area contributed by atoms with Crippen LogP contribution in [0.4, 0.5) is 0 Å². The van der Waals surface area contributed by atoms with Crippen molar-refractivity contribution in [3.8, 4) is 11.5 Å². The zero-order chi connectivity index (χ0) is 14.8. The number of ether oxygens (including phenoxy) is 2. The Kier molecular flexibility index (Phi) is 3.48. The van der Waals surface area contributed by atoms with Crippen LogP contribution in [0.5, 0.6) is 11.5 Å². The van der Waals surface area contributed by atoms with Crippen molar-refractivity contribution in [3.63, 3.8) is 0 Å². The van der Waals surface area contributed by atoms with Gasteiger partial charge < -0.3 is 14.8 Å². The molecule has 0 bridgehead atoms. The summed E-state index contributed by atoms with van der Waals surface area (Å²) in [4.78, 5) is 16.4. The number of nitrogens with one attached hydrogen (secondary N) is 1. The van der Waals surface area contributed by atoms with Crippen LogP contribution >= 0.6 is 0 Å². The molecular formula is C16H16N2O3. The van der Waals surface area contributed by atoms with E-state index in [1.165, 1.54) is 0 Å². The summed E-state index contributed by atoms with van der Waals surface area (Å²) in [6.45, 7) is 4.02. The van der Waals surface area contributed by atoms with E-state index < -0.39 is 0 Å². The van der Waals surface area contributed by atoms with Gasteiger partial charge in [-0.15, -0.1) is 0 Å². The van der Waals surface area contributed by atoms with Crippen molar-refractivity contribution in [2.75, 3.05) is 6.79 Å². The van der Waals surface area contributed by atoms with Crippen LogP contribution < -0.4 is 14.8 Å². The number of pyridine rings is 1. The quantitative estimate of drug-likeness (QED) is 0.941. The molecule has 3 rings (SSSR count). The van der Waals surface area contributed by atoms with Gasteiger partial charge in [0.25, 0.3) is 5.91 Å². The molecule has 1 aromatic carbocycles. The molecule has 0 saturated heterocycles. The van der Waals surface area contributed by atoms with Gasteiger partial charge in [0, 0.05) is 5.69 Å². The molecule has 108 valence electrons. The predicted octanol–water partition coefficient (Wildman–Crippen LogP) is 2.61. The lowest BCUT2D eigenvalue weighted by Crippen LogP contribution is -2.27. The van der Waals surface area contributed by atoms with Gasteiger partial charge >= 0.3 is 0 Å². The van der Waals surface area contributed by atoms with E-state index in [-0.39, 0.29) is 18.7 Å². The summed E-state index contributed by atoms with van der Waals surface area (Å²) >= 11 is 0. The average molecular weight is 284 g/mol. The van der Waals surface area contributed by atoms with Gasteiger partial charge in [0.1, 0.15) is 5.69 Å². The first-order valence-electron chi connectivity index (χ1n) is 6.77. The lowest BCUT2D eigenvalue weighted by Gasteiger charge is -2.14. The minimum atomic E-state index is -0.191. The number of rotatable bonds is 3. The smallest absolute Gasteiger partial charge is 0.270 e. The highest BCUT2D eigenvalue weighted by molar-refractivity contribution is 5.92. The molecule has 0 saturated carbocycles. The maximum absolute atomic E-state index is 12.2. The molecule has 1 aromatic heterocycles. The Balaban J connectivity index is 1.74. The fourth-order valence-corrected chi connectivity index (χ4v) is 2.21. The van der Waals surface area contributed by atoms with Gasteiger partial charge in [-0.25, -0.2) is 4.98 Å². The van der Waals surface area contributed by atoms with Crippen LogP contribution in [0.25, 0.3) is 0 Å². The number of amides is 1. The Bertz CT molecular complexity index is 685. The third-order valence-electron chi connectivity index (χ3n) is 3.37. The topological polar surface area (TPSA) is 60.5 Å². The first-order chi connectivity index (χ1) is 10.1. The number of carbonyl (C=O) groups is 1. The van der Waals surface area contributed by atoms with Crippen molar-refractivity contribution in [1.29, 1.82) is 0 Å². The molecule has 0 fully saturated rings. The molecule has 0 radical (unpaired) electrons. The number of carbonyl (C=O) groups excluding carboxylic acids is 1. The number of nitrogens with zero attached hydrogens (tertiary/aromatic N) is 1. The second-order valence-electron chi connectivity index (χ2n) is 4.97. The highest BCUT2D eigenvalue weighted by atomic mass is 16.7. The minimum absolute atomic E-state index is 0.144. The van der Waals surface area contributed by atoms with Crippen LogP contribution in [-0.4, -0.2) is 17.7 Å². The third-order valence-corrected chi connectivity index (χ3v) is 3.37. The highest BCUT2D eigenvalue weighted by Gasteiger charge is 2.17. The molecule has 1 atom stereocenters. The molecule has 21 heavy (non-hydrogen) atoms. The Morgan fingerprint density at radius 2 is 2.05 bits per heavy atom. The molecule has 0 spiro atoms. The van der Waals surface area contributed by atoms with Crippen LogP contribution in [0.1, 0.15) is 34.7 Å². The largest absolute Gasteiger partial charge is 0.454 e. The summed E-state index contributed by atoms with van der Waals surface area (Å²) in [6.07, 6.45) is 0. The lowest BCUT2D eigenvalue weighted by atomic mass is 10.1. The van der Waals surface area contributed by atoms with Crippen LogP contribution in [-0.2, 0) is 0 Å². The van der Waals surface area contributed by atoms with E-state index >= 15 is 0 Å². The third kappa shape index (κ3) is 2.81. The summed E-state index contributed by atoms with van der Waals surface area (Å²) in [5.41, 5.74) is 2.20. The van der Waals surface area contributed by atoms with Crippen molar-refractivity contribution in [3.05, 3.63) is 53.3 Å². The van der Waals surface area contributed by atoms with Crippen LogP contribution in [0.2, 0.25) is 0 Å². The molecule has 1 aliphatic rings. The Hall–Kier alpha value is -2.56. The summed E-state index contributed by atoms with van der Waals surface area (Å²) in [5.74, 6) is 1.25. The maximum Gasteiger partial charge on any atom is 0.270 e. The Morgan fingerprint density at radius 3 is 2.86 bits per heavy atom. The summed E-state index contributed by atoms with van der Waals surface area (Å²) in [7, 11) is 0. The lowest BCUT2D eigenvalue weighted by molar-refractivity contribution is 0.0934. The maximum atomic E-state index is 12.2. The fraction of sp³-hybridized carbons (Fsp3) is 0.250. The number of benzene rings is 1. The molecular weight excluding hydrogens is 268 g/mol.